The van der Waals surface area contributed by atoms with Gasteiger partial charge in [-0.15, -0.1) is 0 Å². The molecule has 0 spiro atoms. The molecule has 5 nitrogen and oxygen atoms in total. The average molecular weight is 318 g/mol. The Labute approximate surface area is 130 Å². The Balaban J connectivity index is 2.06. The van der Waals surface area contributed by atoms with Crippen LogP contribution in [0.3, 0.4) is 0 Å². The maximum atomic E-state index is 13.8. The van der Waals surface area contributed by atoms with Crippen molar-refractivity contribution in [2.75, 3.05) is 5.32 Å². The Morgan fingerprint density at radius 1 is 1.41 bits per heavy atom. The number of nitrogens with one attached hydrogen (secondary N) is 1. The number of thiazole rings is 1. The van der Waals surface area contributed by atoms with Crippen LogP contribution in [-0.2, 0) is 4.79 Å². The van der Waals surface area contributed by atoms with Gasteiger partial charge < -0.3 is 5.32 Å². The third-order valence-electron chi connectivity index (χ3n) is 3.15. The first kappa shape index (κ1) is 14.6. The highest BCUT2D eigenvalue weighted by molar-refractivity contribution is 7.20. The van der Waals surface area contributed by atoms with Crippen molar-refractivity contribution < 1.29 is 9.18 Å². The fraction of sp³-hybridized carbons (Fsp3) is 0.267. The molecular weight excluding hydrogens is 303 g/mol. The van der Waals surface area contributed by atoms with Crippen LogP contribution in [0.4, 0.5) is 10.2 Å². The normalized spacial score (nSPS) is 11.3. The van der Waals surface area contributed by atoms with Gasteiger partial charge in [0.05, 0.1) is 10.4 Å². The quantitative estimate of drug-likeness (QED) is 0.804. The monoisotopic (exact) mass is 318 g/mol. The van der Waals surface area contributed by atoms with E-state index in [0.29, 0.717) is 16.5 Å². The molecule has 0 saturated carbocycles. The Hall–Kier alpha value is -2.28. The molecule has 0 saturated heterocycles. The van der Waals surface area contributed by atoms with Crippen molar-refractivity contribution in [2.24, 2.45) is 5.92 Å². The van der Waals surface area contributed by atoms with Gasteiger partial charge in [0, 0.05) is 12.0 Å². The van der Waals surface area contributed by atoms with Gasteiger partial charge in [-0.25, -0.2) is 9.37 Å². The lowest BCUT2D eigenvalue weighted by Crippen LogP contribution is -2.19. The number of hydrogen-bond donors (Lipinski definition) is 1. The molecule has 22 heavy (non-hydrogen) atoms. The molecule has 1 N–H and O–H groups in total. The molecule has 1 aromatic carbocycles. The molecule has 114 valence electrons. The van der Waals surface area contributed by atoms with E-state index in [1.54, 1.807) is 16.8 Å². The highest BCUT2D eigenvalue weighted by Gasteiger charge is 2.16. The maximum absolute atomic E-state index is 13.8. The van der Waals surface area contributed by atoms with Gasteiger partial charge >= 0.3 is 0 Å². The van der Waals surface area contributed by atoms with Gasteiger partial charge in [-0.2, -0.15) is 9.78 Å². The molecule has 3 rings (SSSR count). The summed E-state index contributed by atoms with van der Waals surface area (Å²) in [4.78, 5) is 16.2. The van der Waals surface area contributed by atoms with Gasteiger partial charge in [0.25, 0.3) is 0 Å². The highest BCUT2D eigenvalue weighted by atomic mass is 32.1. The Kier molecular flexibility index (Phi) is 3.66. The summed E-state index contributed by atoms with van der Waals surface area (Å²) in [6.07, 6.45) is 0. The van der Waals surface area contributed by atoms with E-state index in [-0.39, 0.29) is 17.6 Å². The maximum Gasteiger partial charge on any atom is 0.228 e. The third-order valence-corrected chi connectivity index (χ3v) is 4.14. The van der Waals surface area contributed by atoms with E-state index < -0.39 is 0 Å². The molecule has 2 aromatic heterocycles. The van der Waals surface area contributed by atoms with E-state index >= 15 is 0 Å². The Bertz CT molecular complexity index is 852. The summed E-state index contributed by atoms with van der Waals surface area (Å²) in [5.74, 6) is -0.0720. The lowest BCUT2D eigenvalue weighted by Gasteiger charge is -2.08. The lowest BCUT2D eigenvalue weighted by atomic mass is 10.2. The van der Waals surface area contributed by atoms with E-state index in [1.807, 2.05) is 26.8 Å². The number of hydrogen-bond acceptors (Lipinski definition) is 4. The number of fused-ring (bicyclic) bond motifs is 1. The van der Waals surface area contributed by atoms with E-state index in [4.69, 9.17) is 0 Å². The number of amides is 1. The smallest absolute Gasteiger partial charge is 0.228 e. The van der Waals surface area contributed by atoms with Crippen LogP contribution in [0.1, 0.15) is 19.5 Å². The van der Waals surface area contributed by atoms with E-state index in [2.05, 4.69) is 15.4 Å². The first-order valence-electron chi connectivity index (χ1n) is 6.88. The van der Waals surface area contributed by atoms with Crippen molar-refractivity contribution in [1.82, 2.24) is 14.8 Å². The predicted octanol–water partition coefficient (Wildman–Crippen LogP) is 3.52. The van der Waals surface area contributed by atoms with Crippen molar-refractivity contribution in [3.8, 4) is 5.13 Å². The van der Waals surface area contributed by atoms with Crippen LogP contribution < -0.4 is 5.32 Å². The summed E-state index contributed by atoms with van der Waals surface area (Å²) in [5, 5.41) is 7.69. The number of anilines is 1. The first-order valence-corrected chi connectivity index (χ1v) is 7.70. The molecule has 0 aliphatic heterocycles. The SMILES string of the molecule is Cc1cc(NC(=O)C(C)C)n(-c2nc3c(F)cccc3s2)n1. The van der Waals surface area contributed by atoms with Gasteiger partial charge in [0.1, 0.15) is 17.2 Å². The zero-order valence-corrected chi connectivity index (χ0v) is 13.2. The topological polar surface area (TPSA) is 59.8 Å². The number of halogens is 1. The standard InChI is InChI=1S/C15H15FN4OS/c1-8(2)14(21)17-12-7-9(3)19-20(12)15-18-13-10(16)5-4-6-11(13)22-15/h4-8H,1-3H3,(H,17,21). The molecule has 3 aromatic rings. The Morgan fingerprint density at radius 2 is 2.18 bits per heavy atom. The number of carbonyl (C=O) groups is 1. The van der Waals surface area contributed by atoms with Gasteiger partial charge in [-0.1, -0.05) is 31.3 Å². The summed E-state index contributed by atoms with van der Waals surface area (Å²) >= 11 is 1.33. The largest absolute Gasteiger partial charge is 0.310 e. The predicted molar refractivity (Wildman–Crippen MR) is 84.9 cm³/mol. The van der Waals surface area contributed by atoms with Crippen LogP contribution in [0.5, 0.6) is 0 Å². The summed E-state index contributed by atoms with van der Waals surface area (Å²) in [5.41, 5.74) is 1.07. The average Bonchev–Trinajstić information content (AvgIpc) is 3.03. The number of para-hydroxylation sites is 1. The fourth-order valence-corrected chi connectivity index (χ4v) is 2.94. The highest BCUT2D eigenvalue weighted by Crippen LogP contribution is 2.28. The molecule has 0 radical (unpaired) electrons. The number of aromatic nitrogens is 3. The van der Waals surface area contributed by atoms with Crippen molar-refractivity contribution in [3.05, 3.63) is 35.8 Å². The molecule has 0 unspecified atom stereocenters. The van der Waals surface area contributed by atoms with E-state index in [9.17, 15) is 9.18 Å². The van der Waals surface area contributed by atoms with Crippen molar-refractivity contribution in [2.45, 2.75) is 20.8 Å². The zero-order chi connectivity index (χ0) is 15.9. The molecule has 1 amide bonds. The number of benzene rings is 1. The van der Waals surface area contributed by atoms with Gasteiger partial charge in [0.15, 0.2) is 0 Å². The zero-order valence-electron chi connectivity index (χ0n) is 12.4. The summed E-state index contributed by atoms with van der Waals surface area (Å²) < 4.78 is 16.1. The van der Waals surface area contributed by atoms with Gasteiger partial charge in [0.2, 0.25) is 11.0 Å². The summed E-state index contributed by atoms with van der Waals surface area (Å²) in [6, 6.07) is 6.60. The molecule has 7 heteroatoms. The van der Waals surface area contributed by atoms with Crippen LogP contribution in [0.25, 0.3) is 15.3 Å². The molecule has 2 heterocycles. The first-order chi connectivity index (χ1) is 10.5. The van der Waals surface area contributed by atoms with Crippen molar-refractivity contribution in [3.63, 3.8) is 0 Å². The molecule has 0 aliphatic carbocycles. The van der Waals surface area contributed by atoms with Crippen molar-refractivity contribution in [1.29, 1.82) is 0 Å². The molecule has 0 aliphatic rings. The van der Waals surface area contributed by atoms with Crippen LogP contribution in [0, 0.1) is 18.7 Å². The minimum absolute atomic E-state index is 0.103. The number of carbonyl (C=O) groups excluding carboxylic acids is 1. The minimum Gasteiger partial charge on any atom is -0.310 e. The second-order valence-corrected chi connectivity index (χ2v) is 6.32. The molecule has 0 fully saturated rings. The number of rotatable bonds is 3. The van der Waals surface area contributed by atoms with Crippen LogP contribution in [0.2, 0.25) is 0 Å². The lowest BCUT2D eigenvalue weighted by molar-refractivity contribution is -0.118. The van der Waals surface area contributed by atoms with Crippen LogP contribution >= 0.6 is 11.3 Å². The van der Waals surface area contributed by atoms with Gasteiger partial charge in [-0.3, -0.25) is 4.79 Å². The second-order valence-electron chi connectivity index (χ2n) is 5.31. The summed E-state index contributed by atoms with van der Waals surface area (Å²) in [6.45, 7) is 5.46. The fourth-order valence-electron chi connectivity index (χ4n) is 2.00. The third kappa shape index (κ3) is 2.59. The van der Waals surface area contributed by atoms with E-state index in [0.717, 1.165) is 10.4 Å². The number of nitrogens with zero attached hydrogens (tertiary/aromatic N) is 3. The van der Waals surface area contributed by atoms with Crippen LogP contribution in [-0.4, -0.2) is 20.7 Å². The Morgan fingerprint density at radius 3 is 2.86 bits per heavy atom. The molecule has 0 bridgehead atoms. The number of aryl methyl sites for hydroxylation is 1. The van der Waals surface area contributed by atoms with Crippen LogP contribution in [0.15, 0.2) is 24.3 Å². The summed E-state index contributed by atoms with van der Waals surface area (Å²) in [7, 11) is 0. The molecule has 0 atom stereocenters. The van der Waals surface area contributed by atoms with Gasteiger partial charge in [-0.05, 0) is 19.1 Å². The molecular formula is C15H15FN4OS. The van der Waals surface area contributed by atoms with E-state index in [1.165, 1.54) is 17.4 Å². The van der Waals surface area contributed by atoms with Crippen molar-refractivity contribution >= 4 is 33.3 Å². The second kappa shape index (κ2) is 5.49. The minimum atomic E-state index is -0.364.